The quantitative estimate of drug-likeness (QED) is 0.778. The number of methoxy groups -OCH3 is 1. The lowest BCUT2D eigenvalue weighted by Crippen LogP contribution is -2.25. The average Bonchev–Trinajstić information content (AvgIpc) is 2.16. The first-order valence-electron chi connectivity index (χ1n) is 4.04. The van der Waals surface area contributed by atoms with Gasteiger partial charge in [-0.15, -0.1) is 0 Å². The SMILES string of the molecule is COc1ccc(C)nc1N(C)C(=O)O. The lowest BCUT2D eigenvalue weighted by Gasteiger charge is -2.15. The number of carboxylic acid groups (broad SMARTS) is 1. The summed E-state index contributed by atoms with van der Waals surface area (Å²) in [5.74, 6) is 0.750. The molecule has 0 spiro atoms. The highest BCUT2D eigenvalue weighted by molar-refractivity contribution is 5.85. The fraction of sp³-hybridized carbons (Fsp3) is 0.333. The summed E-state index contributed by atoms with van der Waals surface area (Å²) in [5.41, 5.74) is 0.744. The molecule has 0 aliphatic rings. The minimum Gasteiger partial charge on any atom is -0.493 e. The van der Waals surface area contributed by atoms with Gasteiger partial charge in [-0.05, 0) is 19.1 Å². The third-order valence-corrected chi connectivity index (χ3v) is 1.80. The van der Waals surface area contributed by atoms with E-state index >= 15 is 0 Å². The third-order valence-electron chi connectivity index (χ3n) is 1.80. The number of ether oxygens (including phenoxy) is 1. The molecule has 0 aliphatic heterocycles. The van der Waals surface area contributed by atoms with Crippen molar-refractivity contribution in [3.8, 4) is 5.75 Å². The molecule has 76 valence electrons. The first kappa shape index (κ1) is 10.3. The Bertz CT molecular complexity index is 352. The van der Waals surface area contributed by atoms with Gasteiger partial charge in [0.2, 0.25) is 0 Å². The third kappa shape index (κ3) is 1.93. The van der Waals surface area contributed by atoms with E-state index in [2.05, 4.69) is 4.98 Å². The van der Waals surface area contributed by atoms with Crippen LogP contribution in [0.15, 0.2) is 12.1 Å². The van der Waals surface area contributed by atoms with E-state index < -0.39 is 6.09 Å². The molecule has 0 atom stereocenters. The van der Waals surface area contributed by atoms with Crippen LogP contribution < -0.4 is 9.64 Å². The van der Waals surface area contributed by atoms with Crippen LogP contribution in [-0.2, 0) is 0 Å². The van der Waals surface area contributed by atoms with E-state index in [0.717, 1.165) is 10.6 Å². The summed E-state index contributed by atoms with van der Waals surface area (Å²) in [6.45, 7) is 1.79. The summed E-state index contributed by atoms with van der Waals surface area (Å²) in [7, 11) is 2.90. The second kappa shape index (κ2) is 3.95. The normalized spacial score (nSPS) is 9.64. The Labute approximate surface area is 81.9 Å². The van der Waals surface area contributed by atoms with Crippen LogP contribution in [0.4, 0.5) is 10.6 Å². The van der Waals surface area contributed by atoms with Crippen molar-refractivity contribution < 1.29 is 14.6 Å². The molecular formula is C9H12N2O3. The Morgan fingerprint density at radius 2 is 2.21 bits per heavy atom. The van der Waals surface area contributed by atoms with Crippen LogP contribution in [0, 0.1) is 6.92 Å². The van der Waals surface area contributed by atoms with Gasteiger partial charge in [-0.3, -0.25) is 4.90 Å². The van der Waals surface area contributed by atoms with E-state index in [1.807, 2.05) is 0 Å². The molecule has 14 heavy (non-hydrogen) atoms. The molecule has 1 amide bonds. The zero-order valence-corrected chi connectivity index (χ0v) is 8.31. The van der Waals surface area contributed by atoms with Crippen LogP contribution in [0.2, 0.25) is 0 Å². The maximum absolute atomic E-state index is 10.7. The van der Waals surface area contributed by atoms with Crippen molar-refractivity contribution in [3.05, 3.63) is 17.8 Å². The first-order chi connectivity index (χ1) is 6.56. The predicted octanol–water partition coefficient (Wildman–Crippen LogP) is 1.51. The zero-order valence-electron chi connectivity index (χ0n) is 8.31. The Morgan fingerprint density at radius 1 is 1.57 bits per heavy atom. The summed E-state index contributed by atoms with van der Waals surface area (Å²) >= 11 is 0. The highest BCUT2D eigenvalue weighted by atomic mass is 16.5. The van der Waals surface area contributed by atoms with Gasteiger partial charge >= 0.3 is 6.09 Å². The van der Waals surface area contributed by atoms with Crippen molar-refractivity contribution in [2.45, 2.75) is 6.92 Å². The van der Waals surface area contributed by atoms with E-state index in [4.69, 9.17) is 9.84 Å². The molecule has 0 saturated carbocycles. The van der Waals surface area contributed by atoms with Crippen LogP contribution in [-0.4, -0.2) is 30.3 Å². The van der Waals surface area contributed by atoms with E-state index in [1.165, 1.54) is 14.2 Å². The molecule has 0 aromatic carbocycles. The van der Waals surface area contributed by atoms with Crippen molar-refractivity contribution in [2.24, 2.45) is 0 Å². The van der Waals surface area contributed by atoms with Crippen LogP contribution in [0.25, 0.3) is 0 Å². The highest BCUT2D eigenvalue weighted by Crippen LogP contribution is 2.24. The van der Waals surface area contributed by atoms with Crippen molar-refractivity contribution in [1.82, 2.24) is 4.98 Å². The number of hydrogen-bond acceptors (Lipinski definition) is 3. The van der Waals surface area contributed by atoms with Gasteiger partial charge in [-0.1, -0.05) is 0 Å². The van der Waals surface area contributed by atoms with Gasteiger partial charge in [-0.25, -0.2) is 9.78 Å². The standard InChI is InChI=1S/C9H12N2O3/c1-6-4-5-7(14-3)8(10-6)11(2)9(12)13/h4-5H,1-3H3,(H,12,13). The number of hydrogen-bond donors (Lipinski definition) is 1. The Hall–Kier alpha value is -1.78. The van der Waals surface area contributed by atoms with Gasteiger partial charge in [-0.2, -0.15) is 0 Å². The number of aryl methyl sites for hydroxylation is 1. The molecule has 1 heterocycles. The number of carbonyl (C=O) groups is 1. The topological polar surface area (TPSA) is 62.7 Å². The Balaban J connectivity index is 3.16. The molecule has 0 unspecified atom stereocenters. The second-order valence-corrected chi connectivity index (χ2v) is 2.82. The van der Waals surface area contributed by atoms with Crippen molar-refractivity contribution in [2.75, 3.05) is 19.1 Å². The zero-order chi connectivity index (χ0) is 10.7. The molecule has 0 radical (unpaired) electrons. The van der Waals surface area contributed by atoms with Crippen LogP contribution in [0.1, 0.15) is 5.69 Å². The van der Waals surface area contributed by atoms with Crippen molar-refractivity contribution >= 4 is 11.9 Å². The van der Waals surface area contributed by atoms with Crippen LogP contribution in [0.5, 0.6) is 5.75 Å². The van der Waals surface area contributed by atoms with Crippen LogP contribution in [0.3, 0.4) is 0 Å². The molecule has 1 rings (SSSR count). The molecule has 0 aliphatic carbocycles. The Kier molecular flexibility index (Phi) is 2.91. The number of pyridine rings is 1. The van der Waals surface area contributed by atoms with Gasteiger partial charge < -0.3 is 9.84 Å². The molecule has 1 N–H and O–H groups in total. The van der Waals surface area contributed by atoms with E-state index in [1.54, 1.807) is 19.1 Å². The molecule has 1 aromatic heterocycles. The summed E-state index contributed by atoms with van der Waals surface area (Å²) < 4.78 is 5.00. The first-order valence-corrected chi connectivity index (χ1v) is 4.04. The molecular weight excluding hydrogens is 184 g/mol. The predicted molar refractivity (Wildman–Crippen MR) is 52.0 cm³/mol. The molecule has 1 aromatic rings. The largest absolute Gasteiger partial charge is 0.493 e. The number of aromatic nitrogens is 1. The minimum atomic E-state index is -1.07. The van der Waals surface area contributed by atoms with Gasteiger partial charge in [0, 0.05) is 12.7 Å². The summed E-state index contributed by atoms with van der Waals surface area (Å²) in [4.78, 5) is 15.8. The number of anilines is 1. The molecule has 5 heteroatoms. The van der Waals surface area contributed by atoms with Gasteiger partial charge in [0.1, 0.15) is 0 Å². The maximum atomic E-state index is 10.7. The molecule has 0 saturated heterocycles. The minimum absolute atomic E-state index is 0.306. The van der Waals surface area contributed by atoms with Crippen molar-refractivity contribution in [3.63, 3.8) is 0 Å². The monoisotopic (exact) mass is 196 g/mol. The summed E-state index contributed by atoms with van der Waals surface area (Å²) in [6, 6.07) is 3.45. The summed E-state index contributed by atoms with van der Waals surface area (Å²) in [5, 5.41) is 8.78. The average molecular weight is 196 g/mol. The fourth-order valence-corrected chi connectivity index (χ4v) is 1.02. The number of rotatable bonds is 2. The van der Waals surface area contributed by atoms with Gasteiger partial charge in [0.25, 0.3) is 0 Å². The lowest BCUT2D eigenvalue weighted by atomic mass is 10.3. The molecule has 0 fully saturated rings. The lowest BCUT2D eigenvalue weighted by molar-refractivity contribution is 0.203. The van der Waals surface area contributed by atoms with Crippen LogP contribution >= 0.6 is 0 Å². The smallest absolute Gasteiger partial charge is 0.412 e. The van der Waals surface area contributed by atoms with E-state index in [0.29, 0.717) is 11.6 Å². The fourth-order valence-electron chi connectivity index (χ4n) is 1.02. The van der Waals surface area contributed by atoms with Gasteiger partial charge in [0.05, 0.1) is 7.11 Å². The summed E-state index contributed by atoms with van der Waals surface area (Å²) in [6.07, 6.45) is -1.07. The number of amides is 1. The van der Waals surface area contributed by atoms with Crippen molar-refractivity contribution in [1.29, 1.82) is 0 Å². The molecule has 5 nitrogen and oxygen atoms in total. The van der Waals surface area contributed by atoms with E-state index in [-0.39, 0.29) is 0 Å². The number of nitrogens with zero attached hydrogens (tertiary/aromatic N) is 2. The second-order valence-electron chi connectivity index (χ2n) is 2.82. The maximum Gasteiger partial charge on any atom is 0.412 e. The Morgan fingerprint density at radius 3 is 2.71 bits per heavy atom. The molecule has 0 bridgehead atoms. The highest BCUT2D eigenvalue weighted by Gasteiger charge is 2.15. The van der Waals surface area contributed by atoms with E-state index in [9.17, 15) is 4.79 Å². The van der Waals surface area contributed by atoms with Gasteiger partial charge in [0.15, 0.2) is 11.6 Å².